The highest BCUT2D eigenvalue weighted by Gasteiger charge is 2.16. The smallest absolute Gasteiger partial charge is 0.301 e. The number of nitrogens with zero attached hydrogens (tertiary/aromatic N) is 3. The van der Waals surface area contributed by atoms with Gasteiger partial charge in [-0.05, 0) is 13.0 Å². The number of carbonyl (C=O) groups excluding carboxylic acids is 1. The largest absolute Gasteiger partial charge is 0.454 e. The molecule has 0 saturated carbocycles. The van der Waals surface area contributed by atoms with E-state index >= 15 is 0 Å². The van der Waals surface area contributed by atoms with Crippen molar-refractivity contribution < 1.29 is 9.21 Å². The number of hydrogen-bond donors (Lipinski definition) is 2. The zero-order chi connectivity index (χ0) is 14.7. The molecule has 0 aliphatic heterocycles. The average molecular weight is 277 g/mol. The summed E-state index contributed by atoms with van der Waals surface area (Å²) in [6, 6.07) is 1.82. The lowest BCUT2D eigenvalue weighted by molar-refractivity contribution is 0.0923. The van der Waals surface area contributed by atoms with E-state index in [9.17, 15) is 4.79 Å². The summed E-state index contributed by atoms with van der Waals surface area (Å²) in [6.07, 6.45) is 1.58. The number of amides is 1. The summed E-state index contributed by atoms with van der Waals surface area (Å²) in [6.45, 7) is 6.30. The first-order valence-corrected chi connectivity index (χ1v) is 6.61. The molecular weight excluding hydrogens is 258 g/mol. The van der Waals surface area contributed by atoms with Gasteiger partial charge in [-0.15, -0.1) is 0 Å². The van der Waals surface area contributed by atoms with Gasteiger partial charge in [0, 0.05) is 18.4 Å². The zero-order valence-corrected chi connectivity index (χ0v) is 11.9. The molecular formula is C13H19N5O2. The van der Waals surface area contributed by atoms with E-state index in [0.29, 0.717) is 12.3 Å². The number of furan rings is 1. The molecule has 0 fully saturated rings. The fraction of sp³-hybridized carbons (Fsp3) is 0.462. The van der Waals surface area contributed by atoms with Gasteiger partial charge in [0.1, 0.15) is 18.1 Å². The van der Waals surface area contributed by atoms with Crippen molar-refractivity contribution >= 4 is 5.91 Å². The first-order valence-electron chi connectivity index (χ1n) is 6.61. The highest BCUT2D eigenvalue weighted by atomic mass is 16.4. The quantitative estimate of drug-likeness (QED) is 0.481. The van der Waals surface area contributed by atoms with Crippen LogP contribution in [0, 0.1) is 6.92 Å². The summed E-state index contributed by atoms with van der Waals surface area (Å²) < 4.78 is 7.34. The van der Waals surface area contributed by atoms with Crippen LogP contribution in [0.3, 0.4) is 0 Å². The lowest BCUT2D eigenvalue weighted by Crippen LogP contribution is -2.30. The fourth-order valence-corrected chi connectivity index (χ4v) is 2.03. The second kappa shape index (κ2) is 5.87. The Morgan fingerprint density at radius 3 is 2.80 bits per heavy atom. The second-order valence-electron chi connectivity index (χ2n) is 4.51. The highest BCUT2D eigenvalue weighted by Crippen LogP contribution is 2.16. The fourth-order valence-electron chi connectivity index (χ4n) is 2.03. The Morgan fingerprint density at radius 2 is 2.20 bits per heavy atom. The van der Waals surface area contributed by atoms with E-state index in [1.54, 1.807) is 11.6 Å². The zero-order valence-electron chi connectivity index (χ0n) is 11.9. The monoisotopic (exact) mass is 277 g/mol. The third-order valence-corrected chi connectivity index (χ3v) is 3.04. The predicted octanol–water partition coefficient (Wildman–Crippen LogP) is 0.956. The van der Waals surface area contributed by atoms with Crippen LogP contribution in [-0.4, -0.2) is 20.7 Å². The third kappa shape index (κ3) is 2.72. The molecule has 2 heterocycles. The first-order chi connectivity index (χ1) is 9.58. The lowest BCUT2D eigenvalue weighted by atomic mass is 10.2. The number of hydrazine groups is 1. The topological polar surface area (TPSA) is 99.0 Å². The Labute approximate surface area is 117 Å². The maximum absolute atomic E-state index is 11.5. The number of rotatable bonds is 5. The van der Waals surface area contributed by atoms with Crippen molar-refractivity contribution in [1.82, 2.24) is 20.2 Å². The number of nitrogens with one attached hydrogen (secondary N) is 1. The summed E-state index contributed by atoms with van der Waals surface area (Å²) in [7, 11) is 0. The van der Waals surface area contributed by atoms with Gasteiger partial charge >= 0.3 is 5.91 Å². The number of nitrogen functional groups attached to an aromatic ring is 1. The molecule has 0 radical (unpaired) electrons. The molecule has 20 heavy (non-hydrogen) atoms. The summed E-state index contributed by atoms with van der Waals surface area (Å²) in [5, 5.41) is 4.42. The maximum Gasteiger partial charge on any atom is 0.301 e. The molecule has 0 aliphatic rings. The molecule has 0 unspecified atom stereocenters. The van der Waals surface area contributed by atoms with E-state index in [4.69, 9.17) is 10.3 Å². The molecule has 2 rings (SSSR count). The molecule has 0 aromatic carbocycles. The van der Waals surface area contributed by atoms with Gasteiger partial charge in [0.2, 0.25) is 0 Å². The van der Waals surface area contributed by atoms with Gasteiger partial charge in [-0.25, -0.2) is 15.5 Å². The van der Waals surface area contributed by atoms with Crippen molar-refractivity contribution in [2.24, 2.45) is 5.84 Å². The number of aromatic nitrogens is 3. The molecule has 0 aliphatic carbocycles. The van der Waals surface area contributed by atoms with Crippen molar-refractivity contribution in [2.45, 2.75) is 40.2 Å². The molecule has 0 saturated heterocycles. The summed E-state index contributed by atoms with van der Waals surface area (Å²) in [5.74, 6) is 7.28. The number of hydrogen-bond acceptors (Lipinski definition) is 5. The molecule has 108 valence electrons. The van der Waals surface area contributed by atoms with Gasteiger partial charge in [-0.1, -0.05) is 13.8 Å². The van der Waals surface area contributed by atoms with E-state index in [0.717, 1.165) is 30.1 Å². The van der Waals surface area contributed by atoms with Gasteiger partial charge < -0.3 is 4.42 Å². The summed E-state index contributed by atoms with van der Waals surface area (Å²) in [5.41, 5.74) is 2.81. The van der Waals surface area contributed by atoms with Crippen molar-refractivity contribution in [3.8, 4) is 0 Å². The maximum atomic E-state index is 11.5. The minimum absolute atomic E-state index is 0.233. The Balaban J connectivity index is 2.26. The molecule has 0 bridgehead atoms. The molecule has 1 amide bonds. The van der Waals surface area contributed by atoms with Crippen molar-refractivity contribution in [3.63, 3.8) is 0 Å². The molecule has 7 nitrogen and oxygen atoms in total. The SMILES string of the molecule is CCc1nc(CC)n(Cc2cc(C)c(C(=O)NN)o2)n1. The van der Waals surface area contributed by atoms with Crippen LogP contribution in [0.1, 0.15) is 47.4 Å². The van der Waals surface area contributed by atoms with Crippen LogP contribution in [0.25, 0.3) is 0 Å². The van der Waals surface area contributed by atoms with Crippen LogP contribution in [-0.2, 0) is 19.4 Å². The second-order valence-corrected chi connectivity index (χ2v) is 4.51. The molecule has 0 atom stereocenters. The standard InChI is InChI=1S/C13H19N5O2/c1-4-10-15-11(5-2)18(17-10)7-9-6-8(3)12(20-9)13(19)16-14/h6H,4-5,7,14H2,1-3H3,(H,16,19). The Bertz CT molecular complexity index is 614. The molecule has 0 spiro atoms. The first kappa shape index (κ1) is 14.3. The summed E-state index contributed by atoms with van der Waals surface area (Å²) >= 11 is 0. The number of carbonyl (C=O) groups is 1. The number of nitrogens with two attached hydrogens (primary N) is 1. The molecule has 2 aromatic heterocycles. The van der Waals surface area contributed by atoms with Crippen molar-refractivity contribution in [3.05, 3.63) is 34.8 Å². The Kier molecular flexibility index (Phi) is 4.19. The van der Waals surface area contributed by atoms with Crippen LogP contribution >= 0.6 is 0 Å². The van der Waals surface area contributed by atoms with Gasteiger partial charge in [0.15, 0.2) is 11.6 Å². The van der Waals surface area contributed by atoms with Gasteiger partial charge in [-0.3, -0.25) is 10.2 Å². The minimum atomic E-state index is -0.433. The average Bonchev–Trinajstić information content (AvgIpc) is 3.01. The van der Waals surface area contributed by atoms with E-state index in [2.05, 4.69) is 15.5 Å². The van der Waals surface area contributed by atoms with Crippen molar-refractivity contribution in [2.75, 3.05) is 0 Å². The minimum Gasteiger partial charge on any atom is -0.454 e. The normalized spacial score (nSPS) is 10.8. The van der Waals surface area contributed by atoms with E-state index in [1.165, 1.54) is 0 Å². The highest BCUT2D eigenvalue weighted by molar-refractivity contribution is 5.92. The van der Waals surface area contributed by atoms with Crippen LogP contribution in [0.15, 0.2) is 10.5 Å². The van der Waals surface area contributed by atoms with Crippen molar-refractivity contribution in [1.29, 1.82) is 0 Å². The van der Waals surface area contributed by atoms with Crippen LogP contribution in [0.5, 0.6) is 0 Å². The molecule has 3 N–H and O–H groups in total. The van der Waals surface area contributed by atoms with Crippen LogP contribution in [0.4, 0.5) is 0 Å². The predicted molar refractivity (Wildman–Crippen MR) is 73.0 cm³/mol. The van der Waals surface area contributed by atoms with E-state index in [-0.39, 0.29) is 5.76 Å². The van der Waals surface area contributed by atoms with Gasteiger partial charge in [0.05, 0.1) is 0 Å². The van der Waals surface area contributed by atoms with E-state index < -0.39 is 5.91 Å². The Morgan fingerprint density at radius 1 is 1.45 bits per heavy atom. The Hall–Kier alpha value is -2.15. The summed E-state index contributed by atoms with van der Waals surface area (Å²) in [4.78, 5) is 15.9. The van der Waals surface area contributed by atoms with E-state index in [1.807, 2.05) is 19.9 Å². The molecule has 2 aromatic rings. The van der Waals surface area contributed by atoms with Gasteiger partial charge in [-0.2, -0.15) is 5.10 Å². The number of aryl methyl sites for hydroxylation is 3. The van der Waals surface area contributed by atoms with Crippen LogP contribution in [0.2, 0.25) is 0 Å². The van der Waals surface area contributed by atoms with Crippen LogP contribution < -0.4 is 11.3 Å². The molecule has 7 heteroatoms. The lowest BCUT2D eigenvalue weighted by Gasteiger charge is -2.01. The van der Waals surface area contributed by atoms with Gasteiger partial charge in [0.25, 0.3) is 0 Å². The third-order valence-electron chi connectivity index (χ3n) is 3.04.